The number of guanidine groups is 1. The SMILES string of the molecule is CC(=O)N1C(=O)C(CCCNC(=N)N)C1C(=O)NCC(=O)O. The molecule has 1 rings (SSSR count). The number of rotatable bonds is 7. The Morgan fingerprint density at radius 3 is 2.50 bits per heavy atom. The van der Waals surface area contributed by atoms with Gasteiger partial charge in [-0.05, 0) is 12.8 Å². The van der Waals surface area contributed by atoms with Crippen LogP contribution >= 0.6 is 0 Å². The minimum Gasteiger partial charge on any atom is -0.480 e. The second-order valence-electron chi connectivity index (χ2n) is 4.87. The summed E-state index contributed by atoms with van der Waals surface area (Å²) in [5.41, 5.74) is 5.12. The maximum atomic E-state index is 12.0. The van der Waals surface area contributed by atoms with Crippen LogP contribution in [0.15, 0.2) is 0 Å². The molecule has 0 bridgehead atoms. The molecule has 10 nitrogen and oxygen atoms in total. The van der Waals surface area contributed by atoms with Crippen molar-refractivity contribution in [2.24, 2.45) is 11.7 Å². The topological polar surface area (TPSA) is 166 Å². The van der Waals surface area contributed by atoms with Gasteiger partial charge in [-0.3, -0.25) is 29.5 Å². The number of carbonyl (C=O) groups excluding carboxylic acids is 3. The molecule has 0 spiro atoms. The molecule has 10 heteroatoms. The van der Waals surface area contributed by atoms with E-state index >= 15 is 0 Å². The fourth-order valence-electron chi connectivity index (χ4n) is 2.29. The third-order valence-electron chi connectivity index (χ3n) is 3.24. The standard InChI is InChI=1S/C12H19N5O5/c1-6(18)17-9(10(21)16-5-8(19)20)7(11(17)22)3-2-4-15-12(13)14/h7,9H,2-5H2,1H3,(H,16,21)(H,19,20)(H4,13,14,15). The summed E-state index contributed by atoms with van der Waals surface area (Å²) in [5.74, 6) is -3.76. The first-order valence-electron chi connectivity index (χ1n) is 6.66. The lowest BCUT2D eigenvalue weighted by Gasteiger charge is -2.44. The molecule has 0 aliphatic carbocycles. The van der Waals surface area contributed by atoms with E-state index in [1.165, 1.54) is 6.92 Å². The Bertz CT molecular complexity index is 506. The van der Waals surface area contributed by atoms with Crippen molar-refractivity contribution in [3.63, 3.8) is 0 Å². The fourth-order valence-corrected chi connectivity index (χ4v) is 2.29. The molecule has 0 saturated carbocycles. The Morgan fingerprint density at radius 2 is 2.00 bits per heavy atom. The monoisotopic (exact) mass is 313 g/mol. The number of hydrogen-bond acceptors (Lipinski definition) is 5. The van der Waals surface area contributed by atoms with E-state index < -0.39 is 42.2 Å². The van der Waals surface area contributed by atoms with E-state index in [0.29, 0.717) is 19.4 Å². The van der Waals surface area contributed by atoms with Crippen LogP contribution in [0.3, 0.4) is 0 Å². The molecular weight excluding hydrogens is 294 g/mol. The fraction of sp³-hybridized carbons (Fsp3) is 0.583. The van der Waals surface area contributed by atoms with Gasteiger partial charge in [0, 0.05) is 13.5 Å². The van der Waals surface area contributed by atoms with Crippen LogP contribution in [0.5, 0.6) is 0 Å². The van der Waals surface area contributed by atoms with Gasteiger partial charge in [0.25, 0.3) is 0 Å². The number of nitrogens with two attached hydrogens (primary N) is 1. The quantitative estimate of drug-likeness (QED) is 0.154. The molecule has 1 saturated heterocycles. The van der Waals surface area contributed by atoms with Gasteiger partial charge in [0.05, 0.1) is 5.92 Å². The molecule has 0 aromatic heterocycles. The maximum absolute atomic E-state index is 12.0. The first-order valence-corrected chi connectivity index (χ1v) is 6.66. The van der Waals surface area contributed by atoms with Gasteiger partial charge in [-0.15, -0.1) is 0 Å². The van der Waals surface area contributed by atoms with Crippen LogP contribution in [0.25, 0.3) is 0 Å². The molecule has 3 amide bonds. The van der Waals surface area contributed by atoms with Crippen molar-refractivity contribution in [3.05, 3.63) is 0 Å². The lowest BCUT2D eigenvalue weighted by molar-refractivity contribution is -0.170. The molecule has 22 heavy (non-hydrogen) atoms. The number of carboxylic acid groups (broad SMARTS) is 1. The highest BCUT2D eigenvalue weighted by molar-refractivity contribution is 6.09. The molecule has 1 aliphatic heterocycles. The maximum Gasteiger partial charge on any atom is 0.322 e. The van der Waals surface area contributed by atoms with E-state index in [1.54, 1.807) is 0 Å². The van der Waals surface area contributed by atoms with E-state index in [1.807, 2.05) is 0 Å². The molecule has 0 radical (unpaired) electrons. The van der Waals surface area contributed by atoms with E-state index in [2.05, 4.69) is 10.6 Å². The van der Waals surface area contributed by atoms with Crippen LogP contribution in [0.4, 0.5) is 0 Å². The van der Waals surface area contributed by atoms with Gasteiger partial charge in [-0.2, -0.15) is 0 Å². The number of likely N-dealkylation sites (tertiary alicyclic amines) is 1. The summed E-state index contributed by atoms with van der Waals surface area (Å²) in [4.78, 5) is 46.6. The van der Waals surface area contributed by atoms with Crippen LogP contribution in [-0.4, -0.2) is 58.8 Å². The molecule has 1 heterocycles. The molecule has 122 valence electrons. The van der Waals surface area contributed by atoms with Crippen molar-refractivity contribution < 1.29 is 24.3 Å². The number of β-lactam (4-membered cyclic amide) rings is 1. The van der Waals surface area contributed by atoms with Crippen molar-refractivity contribution in [2.45, 2.75) is 25.8 Å². The molecule has 1 fully saturated rings. The zero-order chi connectivity index (χ0) is 16.9. The number of carbonyl (C=O) groups is 4. The van der Waals surface area contributed by atoms with Crippen molar-refractivity contribution in [1.82, 2.24) is 15.5 Å². The number of amides is 3. The molecule has 1 aliphatic rings. The molecule has 2 unspecified atom stereocenters. The Balaban J connectivity index is 2.63. The van der Waals surface area contributed by atoms with E-state index in [4.69, 9.17) is 16.2 Å². The largest absolute Gasteiger partial charge is 0.480 e. The van der Waals surface area contributed by atoms with Crippen molar-refractivity contribution in [1.29, 1.82) is 5.41 Å². The van der Waals surface area contributed by atoms with E-state index in [-0.39, 0.29) is 5.96 Å². The predicted molar refractivity (Wildman–Crippen MR) is 74.6 cm³/mol. The summed E-state index contributed by atoms with van der Waals surface area (Å²) < 4.78 is 0. The molecular formula is C12H19N5O5. The normalized spacial score (nSPS) is 20.0. The average molecular weight is 313 g/mol. The van der Waals surface area contributed by atoms with Gasteiger partial charge in [0.15, 0.2) is 5.96 Å². The van der Waals surface area contributed by atoms with Gasteiger partial charge < -0.3 is 21.5 Å². The second kappa shape index (κ2) is 7.38. The smallest absolute Gasteiger partial charge is 0.322 e. The number of hydrogen-bond donors (Lipinski definition) is 5. The number of nitrogens with zero attached hydrogens (tertiary/aromatic N) is 1. The lowest BCUT2D eigenvalue weighted by atomic mass is 9.83. The predicted octanol–water partition coefficient (Wildman–Crippen LogP) is -2.18. The average Bonchev–Trinajstić information content (AvgIpc) is 2.40. The molecule has 0 aromatic rings. The summed E-state index contributed by atoms with van der Waals surface area (Å²) in [6, 6.07) is -0.985. The summed E-state index contributed by atoms with van der Waals surface area (Å²) in [7, 11) is 0. The zero-order valence-electron chi connectivity index (χ0n) is 12.1. The number of aliphatic carboxylic acids is 1. The second-order valence-corrected chi connectivity index (χ2v) is 4.87. The lowest BCUT2D eigenvalue weighted by Crippen LogP contribution is -2.68. The molecule has 6 N–H and O–H groups in total. The van der Waals surface area contributed by atoms with Crippen LogP contribution in [0.1, 0.15) is 19.8 Å². The van der Waals surface area contributed by atoms with Gasteiger partial charge in [-0.1, -0.05) is 0 Å². The van der Waals surface area contributed by atoms with Crippen molar-refractivity contribution in [2.75, 3.05) is 13.1 Å². The van der Waals surface area contributed by atoms with Gasteiger partial charge in [0.1, 0.15) is 12.6 Å². The van der Waals surface area contributed by atoms with E-state index in [0.717, 1.165) is 4.90 Å². The highest BCUT2D eigenvalue weighted by atomic mass is 16.4. The summed E-state index contributed by atoms with van der Waals surface area (Å²) in [6.45, 7) is 0.958. The third kappa shape index (κ3) is 4.17. The molecule has 0 aromatic carbocycles. The number of carboxylic acids is 1. The Hall–Kier alpha value is -2.65. The van der Waals surface area contributed by atoms with E-state index in [9.17, 15) is 19.2 Å². The minimum atomic E-state index is -1.21. The zero-order valence-corrected chi connectivity index (χ0v) is 12.1. The van der Waals surface area contributed by atoms with Gasteiger partial charge in [-0.25, -0.2) is 0 Å². The number of nitrogens with one attached hydrogen (secondary N) is 3. The number of imide groups is 1. The minimum absolute atomic E-state index is 0.193. The highest BCUT2D eigenvalue weighted by Crippen LogP contribution is 2.30. The van der Waals surface area contributed by atoms with Gasteiger partial charge in [0.2, 0.25) is 17.7 Å². The summed E-state index contributed by atoms with van der Waals surface area (Å²) in [5, 5.41) is 20.3. The Morgan fingerprint density at radius 1 is 1.36 bits per heavy atom. The third-order valence-corrected chi connectivity index (χ3v) is 3.24. The van der Waals surface area contributed by atoms with Crippen LogP contribution in [0.2, 0.25) is 0 Å². The van der Waals surface area contributed by atoms with Crippen LogP contribution < -0.4 is 16.4 Å². The first-order chi connectivity index (χ1) is 10.3. The summed E-state index contributed by atoms with van der Waals surface area (Å²) >= 11 is 0. The highest BCUT2D eigenvalue weighted by Gasteiger charge is 2.52. The van der Waals surface area contributed by atoms with Crippen molar-refractivity contribution in [3.8, 4) is 0 Å². The van der Waals surface area contributed by atoms with Crippen molar-refractivity contribution >= 4 is 29.7 Å². The van der Waals surface area contributed by atoms with Crippen LogP contribution in [-0.2, 0) is 19.2 Å². The molecule has 2 atom stereocenters. The van der Waals surface area contributed by atoms with Crippen LogP contribution in [0, 0.1) is 11.3 Å². The summed E-state index contributed by atoms with van der Waals surface area (Å²) in [6.07, 6.45) is 0.804. The Kier molecular flexibility index (Phi) is 5.84. The van der Waals surface area contributed by atoms with Gasteiger partial charge >= 0.3 is 5.97 Å². The Labute approximate surface area is 126 Å². The first kappa shape index (κ1) is 17.4.